The Morgan fingerprint density at radius 3 is 2.81 bits per heavy atom. The first kappa shape index (κ1) is 15.8. The van der Waals surface area contributed by atoms with Crippen molar-refractivity contribution in [3.63, 3.8) is 0 Å². The SMILES string of the molecule is COC(=O)CC1CCCCN1C(=O)c1cc(N)cc(Br)c1. The highest BCUT2D eigenvalue weighted by atomic mass is 79.9. The van der Waals surface area contributed by atoms with E-state index < -0.39 is 0 Å². The van der Waals surface area contributed by atoms with E-state index in [9.17, 15) is 9.59 Å². The third kappa shape index (κ3) is 3.97. The summed E-state index contributed by atoms with van der Waals surface area (Å²) in [6, 6.07) is 5.07. The number of rotatable bonds is 3. The number of carbonyl (C=O) groups is 2. The maximum Gasteiger partial charge on any atom is 0.307 e. The number of nitrogen functional groups attached to an aromatic ring is 1. The molecule has 1 aromatic carbocycles. The minimum Gasteiger partial charge on any atom is -0.469 e. The van der Waals surface area contributed by atoms with Gasteiger partial charge in [-0.3, -0.25) is 9.59 Å². The summed E-state index contributed by atoms with van der Waals surface area (Å²) in [6.07, 6.45) is 3.04. The van der Waals surface area contributed by atoms with Crippen LogP contribution in [-0.4, -0.2) is 36.5 Å². The molecule has 6 heteroatoms. The molecule has 0 spiro atoms. The van der Waals surface area contributed by atoms with E-state index >= 15 is 0 Å². The van der Waals surface area contributed by atoms with Crippen LogP contribution >= 0.6 is 15.9 Å². The first-order valence-corrected chi connectivity index (χ1v) is 7.74. The van der Waals surface area contributed by atoms with E-state index in [2.05, 4.69) is 15.9 Å². The molecule has 0 saturated carbocycles. The van der Waals surface area contributed by atoms with Gasteiger partial charge in [-0.2, -0.15) is 0 Å². The van der Waals surface area contributed by atoms with Gasteiger partial charge in [-0.05, 0) is 37.5 Å². The fourth-order valence-corrected chi connectivity index (χ4v) is 3.17. The summed E-state index contributed by atoms with van der Waals surface area (Å²) >= 11 is 3.35. The molecule has 2 rings (SSSR count). The Bertz CT molecular complexity index is 527. The Morgan fingerprint density at radius 2 is 2.14 bits per heavy atom. The standard InChI is InChI=1S/C15H19BrN2O3/c1-21-14(19)9-13-4-2-3-5-18(13)15(20)10-6-11(16)8-12(17)7-10/h6-8,13H,2-5,9,17H2,1H3. The van der Waals surface area contributed by atoms with Gasteiger partial charge >= 0.3 is 5.97 Å². The zero-order chi connectivity index (χ0) is 15.4. The van der Waals surface area contributed by atoms with Crippen molar-refractivity contribution in [2.75, 3.05) is 19.4 Å². The summed E-state index contributed by atoms with van der Waals surface area (Å²) in [4.78, 5) is 26.0. The number of ether oxygens (including phenoxy) is 1. The monoisotopic (exact) mass is 354 g/mol. The van der Waals surface area contributed by atoms with Gasteiger partial charge in [-0.15, -0.1) is 0 Å². The molecule has 1 heterocycles. The number of hydrogen-bond donors (Lipinski definition) is 1. The molecule has 1 unspecified atom stereocenters. The molecule has 1 atom stereocenters. The summed E-state index contributed by atoms with van der Waals surface area (Å²) in [6.45, 7) is 0.660. The number of hydrogen-bond acceptors (Lipinski definition) is 4. The van der Waals surface area contributed by atoms with Gasteiger partial charge in [0.05, 0.1) is 13.5 Å². The maximum atomic E-state index is 12.7. The average molecular weight is 355 g/mol. The zero-order valence-electron chi connectivity index (χ0n) is 12.0. The van der Waals surface area contributed by atoms with Crippen LogP contribution in [0.5, 0.6) is 0 Å². The van der Waals surface area contributed by atoms with Gasteiger partial charge in [0.15, 0.2) is 0 Å². The van der Waals surface area contributed by atoms with Gasteiger partial charge < -0.3 is 15.4 Å². The van der Waals surface area contributed by atoms with Gasteiger partial charge in [0.1, 0.15) is 0 Å². The molecule has 1 aliphatic heterocycles. The highest BCUT2D eigenvalue weighted by Gasteiger charge is 2.29. The smallest absolute Gasteiger partial charge is 0.307 e. The fourth-order valence-electron chi connectivity index (χ4n) is 2.66. The lowest BCUT2D eigenvalue weighted by atomic mass is 9.98. The summed E-state index contributed by atoms with van der Waals surface area (Å²) in [5.41, 5.74) is 6.87. The van der Waals surface area contributed by atoms with E-state index in [-0.39, 0.29) is 24.3 Å². The normalized spacial score (nSPS) is 18.4. The topological polar surface area (TPSA) is 72.6 Å². The molecule has 0 radical (unpaired) electrons. The Labute approximate surface area is 132 Å². The lowest BCUT2D eigenvalue weighted by molar-refractivity contribution is -0.142. The lowest BCUT2D eigenvalue weighted by Crippen LogP contribution is -2.44. The largest absolute Gasteiger partial charge is 0.469 e. The third-order valence-corrected chi connectivity index (χ3v) is 4.14. The van der Waals surface area contributed by atoms with Crippen molar-refractivity contribution in [1.29, 1.82) is 0 Å². The first-order valence-electron chi connectivity index (χ1n) is 6.95. The summed E-state index contributed by atoms with van der Waals surface area (Å²) in [5, 5.41) is 0. The second-order valence-electron chi connectivity index (χ2n) is 5.20. The Kier molecular flexibility index (Phi) is 5.22. The molecule has 21 heavy (non-hydrogen) atoms. The lowest BCUT2D eigenvalue weighted by Gasteiger charge is -2.35. The fraction of sp³-hybridized carbons (Fsp3) is 0.467. The number of methoxy groups -OCH3 is 1. The summed E-state index contributed by atoms with van der Waals surface area (Å²) < 4.78 is 5.49. The molecule has 0 aliphatic carbocycles. The number of esters is 1. The first-order chi connectivity index (χ1) is 10.0. The Balaban J connectivity index is 2.19. The molecule has 1 aliphatic rings. The third-order valence-electron chi connectivity index (χ3n) is 3.69. The number of nitrogens with zero attached hydrogens (tertiary/aromatic N) is 1. The van der Waals surface area contributed by atoms with Crippen LogP contribution < -0.4 is 5.73 Å². The van der Waals surface area contributed by atoms with E-state index in [4.69, 9.17) is 10.5 Å². The molecule has 0 aromatic heterocycles. The number of piperidine rings is 1. The van der Waals surface area contributed by atoms with Crippen LogP contribution in [0.3, 0.4) is 0 Å². The van der Waals surface area contributed by atoms with Crippen molar-refractivity contribution in [3.8, 4) is 0 Å². The molecule has 1 aromatic rings. The number of anilines is 1. The molecule has 114 valence electrons. The molecule has 1 fully saturated rings. The summed E-state index contributed by atoms with van der Waals surface area (Å²) in [7, 11) is 1.37. The maximum absolute atomic E-state index is 12.7. The van der Waals surface area contributed by atoms with E-state index in [1.165, 1.54) is 7.11 Å². The van der Waals surface area contributed by atoms with Crippen LogP contribution in [0.4, 0.5) is 5.69 Å². The number of carbonyl (C=O) groups excluding carboxylic acids is 2. The van der Waals surface area contributed by atoms with Gasteiger partial charge in [-0.1, -0.05) is 15.9 Å². The van der Waals surface area contributed by atoms with Crippen LogP contribution in [-0.2, 0) is 9.53 Å². The zero-order valence-corrected chi connectivity index (χ0v) is 13.6. The second kappa shape index (κ2) is 6.93. The summed E-state index contributed by atoms with van der Waals surface area (Å²) in [5.74, 6) is -0.370. The number of halogens is 1. The van der Waals surface area contributed by atoms with Crippen molar-refractivity contribution in [3.05, 3.63) is 28.2 Å². The van der Waals surface area contributed by atoms with Crippen LogP contribution in [0.1, 0.15) is 36.0 Å². The number of amides is 1. The van der Waals surface area contributed by atoms with Crippen molar-refractivity contribution < 1.29 is 14.3 Å². The minimum atomic E-state index is -0.284. The molecule has 5 nitrogen and oxygen atoms in total. The molecule has 0 bridgehead atoms. The predicted octanol–water partition coefficient (Wildman–Crippen LogP) is 2.59. The highest BCUT2D eigenvalue weighted by molar-refractivity contribution is 9.10. The Hall–Kier alpha value is -1.56. The van der Waals surface area contributed by atoms with E-state index in [0.717, 1.165) is 23.7 Å². The molecule has 1 saturated heterocycles. The van der Waals surface area contributed by atoms with E-state index in [1.54, 1.807) is 23.1 Å². The highest BCUT2D eigenvalue weighted by Crippen LogP contribution is 2.24. The number of likely N-dealkylation sites (tertiary alicyclic amines) is 1. The number of nitrogens with two attached hydrogens (primary N) is 1. The van der Waals surface area contributed by atoms with Gasteiger partial charge in [-0.25, -0.2) is 0 Å². The van der Waals surface area contributed by atoms with Crippen molar-refractivity contribution in [2.45, 2.75) is 31.7 Å². The second-order valence-corrected chi connectivity index (χ2v) is 6.12. The molecule has 2 N–H and O–H groups in total. The van der Waals surface area contributed by atoms with Crippen molar-refractivity contribution in [1.82, 2.24) is 4.90 Å². The molecular formula is C15H19BrN2O3. The van der Waals surface area contributed by atoms with Gasteiger partial charge in [0.2, 0.25) is 0 Å². The van der Waals surface area contributed by atoms with E-state index in [0.29, 0.717) is 17.8 Å². The van der Waals surface area contributed by atoms with Gasteiger partial charge in [0, 0.05) is 28.3 Å². The average Bonchev–Trinajstić information content (AvgIpc) is 2.46. The quantitative estimate of drug-likeness (QED) is 0.668. The van der Waals surface area contributed by atoms with E-state index in [1.807, 2.05) is 0 Å². The molecule has 1 amide bonds. The predicted molar refractivity (Wildman–Crippen MR) is 83.9 cm³/mol. The van der Waals surface area contributed by atoms with Crippen LogP contribution in [0.25, 0.3) is 0 Å². The van der Waals surface area contributed by atoms with Crippen LogP contribution in [0, 0.1) is 0 Å². The molecular weight excluding hydrogens is 336 g/mol. The Morgan fingerprint density at radius 1 is 1.38 bits per heavy atom. The minimum absolute atomic E-state index is 0.0865. The van der Waals surface area contributed by atoms with Crippen molar-refractivity contribution in [2.24, 2.45) is 0 Å². The van der Waals surface area contributed by atoms with Gasteiger partial charge in [0.25, 0.3) is 5.91 Å². The van der Waals surface area contributed by atoms with Crippen molar-refractivity contribution >= 4 is 33.5 Å². The van der Waals surface area contributed by atoms with Crippen LogP contribution in [0.2, 0.25) is 0 Å². The van der Waals surface area contributed by atoms with Crippen LogP contribution in [0.15, 0.2) is 22.7 Å². The number of benzene rings is 1.